The van der Waals surface area contributed by atoms with Gasteiger partial charge < -0.3 is 9.47 Å². The lowest BCUT2D eigenvalue weighted by Gasteiger charge is -2.13. The molecule has 0 aliphatic rings. The highest BCUT2D eigenvalue weighted by molar-refractivity contribution is 7.86. The zero-order chi connectivity index (χ0) is 25.6. The summed E-state index contributed by atoms with van der Waals surface area (Å²) < 4.78 is 55.9. The number of nitrogens with zero attached hydrogens (tertiary/aromatic N) is 3. The van der Waals surface area contributed by atoms with E-state index in [4.69, 9.17) is 8.92 Å². The molecule has 0 amide bonds. The number of ether oxygens (including phenoxy) is 2. The number of pyridine rings is 1. The van der Waals surface area contributed by atoms with Crippen LogP contribution in [-0.2, 0) is 26.1 Å². The van der Waals surface area contributed by atoms with Crippen molar-refractivity contribution in [2.75, 3.05) is 20.3 Å². The Morgan fingerprint density at radius 2 is 1.91 bits per heavy atom. The molecule has 0 unspecified atom stereocenters. The van der Waals surface area contributed by atoms with Gasteiger partial charge in [-0.2, -0.15) is 17.9 Å². The van der Waals surface area contributed by atoms with Crippen LogP contribution in [0.25, 0.3) is 11.3 Å². The van der Waals surface area contributed by atoms with Gasteiger partial charge in [0.2, 0.25) is 11.8 Å². The number of halogens is 1. The Kier molecular flexibility index (Phi) is 8.57. The van der Waals surface area contributed by atoms with Crippen molar-refractivity contribution in [3.63, 3.8) is 0 Å². The fourth-order valence-corrected chi connectivity index (χ4v) is 4.32. The molecule has 0 saturated heterocycles. The Balaban J connectivity index is 1.55. The van der Waals surface area contributed by atoms with Gasteiger partial charge in [0.1, 0.15) is 0 Å². The van der Waals surface area contributed by atoms with Crippen molar-refractivity contribution in [2.24, 2.45) is 13.0 Å². The van der Waals surface area contributed by atoms with Gasteiger partial charge in [-0.1, -0.05) is 24.6 Å². The third-order valence-electron chi connectivity index (χ3n) is 5.27. The quantitative estimate of drug-likeness (QED) is 0.167. The van der Waals surface area contributed by atoms with Crippen molar-refractivity contribution in [3.8, 4) is 17.1 Å². The van der Waals surface area contributed by atoms with Crippen LogP contribution in [0.3, 0.4) is 0 Å². The van der Waals surface area contributed by atoms with E-state index in [-0.39, 0.29) is 28.7 Å². The predicted octanol–water partition coefficient (Wildman–Crippen LogP) is 3.92. The highest BCUT2D eigenvalue weighted by atomic mass is 32.2. The molecule has 35 heavy (non-hydrogen) atoms. The van der Waals surface area contributed by atoms with Gasteiger partial charge in [0.15, 0.2) is 0 Å². The van der Waals surface area contributed by atoms with Crippen LogP contribution in [-0.4, -0.2) is 49.5 Å². The van der Waals surface area contributed by atoms with Gasteiger partial charge >= 0.3 is 5.97 Å². The molecule has 0 radical (unpaired) electrons. The van der Waals surface area contributed by atoms with Gasteiger partial charge in [-0.15, -0.1) is 0 Å². The fourth-order valence-electron chi connectivity index (χ4n) is 3.31. The van der Waals surface area contributed by atoms with E-state index < -0.39 is 22.0 Å². The van der Waals surface area contributed by atoms with Crippen LogP contribution in [0.15, 0.2) is 47.5 Å². The maximum absolute atomic E-state index is 14.0. The zero-order valence-electron chi connectivity index (χ0n) is 20.0. The number of aromatic nitrogens is 3. The van der Waals surface area contributed by atoms with Gasteiger partial charge in [-0.25, -0.2) is 14.5 Å². The van der Waals surface area contributed by atoms with E-state index in [1.165, 1.54) is 36.2 Å². The first-order chi connectivity index (χ1) is 16.6. The molecule has 0 aliphatic heterocycles. The molecule has 9 nitrogen and oxygen atoms in total. The van der Waals surface area contributed by atoms with E-state index in [1.807, 2.05) is 13.8 Å². The summed E-state index contributed by atoms with van der Waals surface area (Å²) >= 11 is 0. The van der Waals surface area contributed by atoms with Crippen LogP contribution in [0.1, 0.15) is 35.7 Å². The average molecular weight is 506 g/mol. The smallest absolute Gasteiger partial charge is 0.338 e. The normalized spacial score (nSPS) is 12.4. The number of methoxy groups -OCH3 is 1. The number of rotatable bonds is 11. The first kappa shape index (κ1) is 26.3. The molecule has 11 heteroatoms. The molecule has 3 aromatic rings. The van der Waals surface area contributed by atoms with Crippen molar-refractivity contribution in [3.05, 3.63) is 59.7 Å². The number of hydrogen-bond acceptors (Lipinski definition) is 8. The number of aryl methyl sites for hydroxylation is 2. The minimum absolute atomic E-state index is 0.0271. The number of esters is 1. The van der Waals surface area contributed by atoms with Crippen LogP contribution in [0.4, 0.5) is 4.39 Å². The number of carbonyl (C=O) groups is 1. The molecule has 3 rings (SSSR count). The molecule has 0 N–H and O–H groups in total. The summed E-state index contributed by atoms with van der Waals surface area (Å²) in [5.41, 5.74) is 1.61. The molecule has 0 aliphatic carbocycles. The summed E-state index contributed by atoms with van der Waals surface area (Å²) in [5.74, 6) is -1.17. The molecular formula is C24H28FN3O6S. The van der Waals surface area contributed by atoms with Crippen LogP contribution in [0, 0.1) is 18.8 Å². The highest BCUT2D eigenvalue weighted by Crippen LogP contribution is 2.29. The van der Waals surface area contributed by atoms with Crippen molar-refractivity contribution < 1.29 is 31.3 Å². The summed E-state index contributed by atoms with van der Waals surface area (Å²) in [6.07, 6.45) is 2.75. The molecule has 1 atom stereocenters. The van der Waals surface area contributed by atoms with Crippen molar-refractivity contribution in [1.82, 2.24) is 14.8 Å². The van der Waals surface area contributed by atoms with E-state index >= 15 is 0 Å². The Hall–Kier alpha value is -3.31. The third kappa shape index (κ3) is 6.86. The van der Waals surface area contributed by atoms with E-state index in [0.717, 1.165) is 11.6 Å². The Labute approximate surface area is 204 Å². The number of benzene rings is 1. The first-order valence-electron chi connectivity index (χ1n) is 11.0. The van der Waals surface area contributed by atoms with Gasteiger partial charge in [-0.05, 0) is 43.9 Å². The number of carbonyl (C=O) groups excluding carboxylic acids is 1. The summed E-state index contributed by atoms with van der Waals surface area (Å²) in [4.78, 5) is 15.8. The maximum Gasteiger partial charge on any atom is 0.338 e. The molecule has 0 fully saturated rings. The molecule has 2 heterocycles. The van der Waals surface area contributed by atoms with Crippen molar-refractivity contribution in [1.29, 1.82) is 0 Å². The number of hydrogen-bond donors (Lipinski definition) is 0. The molecule has 0 bridgehead atoms. The Morgan fingerprint density at radius 3 is 2.60 bits per heavy atom. The SMILES string of the molecule is COC(=O)c1cc(F)nc(-c2cnn(C)c2OCCC[C@H](C)COS(=O)(=O)c2ccc(C)cc2)c1. The van der Waals surface area contributed by atoms with Gasteiger partial charge in [-0.3, -0.25) is 4.18 Å². The predicted molar refractivity (Wildman–Crippen MR) is 126 cm³/mol. The van der Waals surface area contributed by atoms with Crippen LogP contribution < -0.4 is 4.74 Å². The lowest BCUT2D eigenvalue weighted by atomic mass is 10.1. The third-order valence-corrected chi connectivity index (χ3v) is 6.57. The molecule has 1 aromatic carbocycles. The van der Waals surface area contributed by atoms with Crippen LogP contribution in [0.5, 0.6) is 5.88 Å². The van der Waals surface area contributed by atoms with Crippen LogP contribution in [0.2, 0.25) is 0 Å². The maximum atomic E-state index is 14.0. The van der Waals surface area contributed by atoms with Crippen molar-refractivity contribution >= 4 is 16.1 Å². The van der Waals surface area contributed by atoms with E-state index in [2.05, 4.69) is 14.8 Å². The summed E-state index contributed by atoms with van der Waals surface area (Å²) in [5, 5.41) is 4.15. The van der Waals surface area contributed by atoms with Gasteiger partial charge in [0, 0.05) is 13.1 Å². The van der Waals surface area contributed by atoms with Gasteiger partial charge in [0.05, 0.1) is 48.2 Å². The van der Waals surface area contributed by atoms with E-state index in [1.54, 1.807) is 19.2 Å². The Bertz CT molecular complexity index is 1270. The standard InChI is InChI=1S/C24H28FN3O6S/c1-16-7-9-19(10-8-16)35(30,31)34-15-17(2)6-5-11-33-23-20(14-26-28(23)3)21-12-18(24(29)32-4)13-22(25)27-21/h7-10,12-14,17H,5-6,11,15H2,1-4H3/t17-/m0/s1. The molecule has 0 spiro atoms. The minimum Gasteiger partial charge on any atom is -0.477 e. The van der Waals surface area contributed by atoms with E-state index in [0.29, 0.717) is 30.9 Å². The average Bonchev–Trinajstić information content (AvgIpc) is 3.20. The summed E-state index contributed by atoms with van der Waals surface area (Å²) in [7, 11) is -0.925. The lowest BCUT2D eigenvalue weighted by molar-refractivity contribution is 0.0600. The van der Waals surface area contributed by atoms with E-state index in [9.17, 15) is 17.6 Å². The fraction of sp³-hybridized carbons (Fsp3) is 0.375. The highest BCUT2D eigenvalue weighted by Gasteiger charge is 2.19. The monoisotopic (exact) mass is 505 g/mol. The molecule has 0 saturated carbocycles. The molecule has 188 valence electrons. The van der Waals surface area contributed by atoms with Crippen LogP contribution >= 0.6 is 0 Å². The molecule has 2 aromatic heterocycles. The second-order valence-corrected chi connectivity index (χ2v) is 9.81. The second-order valence-electron chi connectivity index (χ2n) is 8.19. The molecular weight excluding hydrogens is 477 g/mol. The van der Waals surface area contributed by atoms with Gasteiger partial charge in [0.25, 0.3) is 10.1 Å². The zero-order valence-corrected chi connectivity index (χ0v) is 20.8. The Morgan fingerprint density at radius 1 is 1.20 bits per heavy atom. The van der Waals surface area contributed by atoms with Crippen molar-refractivity contribution in [2.45, 2.75) is 31.6 Å². The second kappa shape index (κ2) is 11.4. The topological polar surface area (TPSA) is 110 Å². The first-order valence-corrected chi connectivity index (χ1v) is 12.4. The minimum atomic E-state index is -3.81. The summed E-state index contributed by atoms with van der Waals surface area (Å²) in [6, 6.07) is 8.90. The summed E-state index contributed by atoms with van der Waals surface area (Å²) in [6.45, 7) is 4.13. The lowest BCUT2D eigenvalue weighted by Crippen LogP contribution is -2.14. The largest absolute Gasteiger partial charge is 0.477 e.